The van der Waals surface area contributed by atoms with Gasteiger partial charge in [0.2, 0.25) is 0 Å². The maximum atomic E-state index is 5.41. The van der Waals surface area contributed by atoms with Crippen LogP contribution in [0.1, 0.15) is 16.7 Å². The molecule has 0 saturated carbocycles. The monoisotopic (exact) mass is 454 g/mol. The molecule has 0 unspecified atom stereocenters. The van der Waals surface area contributed by atoms with E-state index in [1.54, 1.807) is 21.3 Å². The van der Waals surface area contributed by atoms with Crippen LogP contribution in [0.4, 0.5) is 0 Å². The summed E-state index contributed by atoms with van der Waals surface area (Å²) in [6, 6.07) is 32.3. The van der Waals surface area contributed by atoms with Crippen LogP contribution in [0.25, 0.3) is 11.6 Å². The molecule has 0 aliphatic rings. The van der Waals surface area contributed by atoms with Gasteiger partial charge in [-0.2, -0.15) is 30.3 Å². The largest absolute Gasteiger partial charge is 2.00 e. The fraction of sp³-hybridized carbons (Fsp3) is 0.111. The van der Waals surface area contributed by atoms with Gasteiger partial charge in [0, 0.05) is 0 Å². The van der Waals surface area contributed by atoms with Crippen LogP contribution in [0, 0.1) is 0 Å². The van der Waals surface area contributed by atoms with Crippen molar-refractivity contribution >= 4 is 11.6 Å². The van der Waals surface area contributed by atoms with E-state index < -0.39 is 0 Å². The average Bonchev–Trinajstić information content (AvgIpc) is 3.54. The predicted molar refractivity (Wildman–Crippen MR) is 124 cm³/mol. The Kier molecular flexibility index (Phi) is 9.69. The molecule has 0 aliphatic heterocycles. The summed E-state index contributed by atoms with van der Waals surface area (Å²) < 4.78 is 16.0. The zero-order valence-corrected chi connectivity index (χ0v) is 19.0. The van der Waals surface area contributed by atoms with E-state index in [1.807, 2.05) is 72.8 Å². The molecule has 0 spiro atoms. The number of hydrogen-bond donors (Lipinski definition) is 0. The molecule has 0 aliphatic carbocycles. The zero-order valence-electron chi connectivity index (χ0n) is 17.9. The van der Waals surface area contributed by atoms with Crippen molar-refractivity contribution in [2.75, 3.05) is 21.3 Å². The summed E-state index contributed by atoms with van der Waals surface area (Å²) in [7, 11) is 4.96. The van der Waals surface area contributed by atoms with Crippen molar-refractivity contribution < 1.29 is 31.3 Å². The van der Waals surface area contributed by atoms with Crippen LogP contribution in [-0.2, 0) is 17.1 Å². The van der Waals surface area contributed by atoms with Gasteiger partial charge in [0.15, 0.2) is 11.5 Å². The van der Waals surface area contributed by atoms with E-state index in [2.05, 4.69) is 30.3 Å². The fourth-order valence-corrected chi connectivity index (χ4v) is 3.09. The van der Waals surface area contributed by atoms with Gasteiger partial charge >= 0.3 is 17.1 Å². The van der Waals surface area contributed by atoms with Crippen molar-refractivity contribution in [1.82, 2.24) is 0 Å². The van der Waals surface area contributed by atoms with Gasteiger partial charge in [0.25, 0.3) is 0 Å². The van der Waals surface area contributed by atoms with Gasteiger partial charge in [-0.05, 0) is 24.3 Å². The van der Waals surface area contributed by atoms with Gasteiger partial charge in [0.1, 0.15) is 5.75 Å². The number of ether oxygens (including phenoxy) is 3. The van der Waals surface area contributed by atoms with Gasteiger partial charge in [-0.1, -0.05) is 34.9 Å². The van der Waals surface area contributed by atoms with E-state index in [0.717, 1.165) is 28.2 Å². The van der Waals surface area contributed by atoms with Crippen LogP contribution < -0.4 is 14.2 Å². The average molecular weight is 454 g/mol. The summed E-state index contributed by atoms with van der Waals surface area (Å²) in [4.78, 5) is 0. The van der Waals surface area contributed by atoms with Gasteiger partial charge in [0.05, 0.1) is 21.3 Å². The van der Waals surface area contributed by atoms with Crippen molar-refractivity contribution in [1.29, 1.82) is 0 Å². The third-order valence-corrected chi connectivity index (χ3v) is 4.65. The second-order valence-electron chi connectivity index (χ2n) is 6.54. The predicted octanol–water partition coefficient (Wildman–Crippen LogP) is 6.42. The van der Waals surface area contributed by atoms with Crippen LogP contribution in [0.3, 0.4) is 0 Å². The smallest absolute Gasteiger partial charge is 0.497 e. The molecule has 3 nitrogen and oxygen atoms in total. The van der Waals surface area contributed by atoms with Crippen LogP contribution in [0.5, 0.6) is 17.2 Å². The molecule has 160 valence electrons. The minimum Gasteiger partial charge on any atom is -0.497 e. The summed E-state index contributed by atoms with van der Waals surface area (Å²) in [5.41, 5.74) is 4.48. The third kappa shape index (κ3) is 6.65. The molecule has 4 aromatic rings. The topological polar surface area (TPSA) is 27.7 Å². The number of benzene rings is 2. The Hall–Kier alpha value is -3.20. The Morgan fingerprint density at radius 3 is 1.94 bits per heavy atom. The first-order chi connectivity index (χ1) is 14.7. The molecule has 0 saturated heterocycles. The molecule has 31 heavy (non-hydrogen) atoms. The van der Waals surface area contributed by atoms with Crippen LogP contribution in [-0.4, -0.2) is 21.3 Å². The second kappa shape index (κ2) is 12.5. The molecule has 0 bridgehead atoms. The second-order valence-corrected chi connectivity index (χ2v) is 6.54. The normalized spacial score (nSPS) is 10.4. The molecule has 4 rings (SSSR count). The fourth-order valence-electron chi connectivity index (χ4n) is 3.09. The molecule has 4 heteroatoms. The minimum absolute atomic E-state index is 0. The van der Waals surface area contributed by atoms with Gasteiger partial charge < -0.3 is 14.2 Å². The van der Waals surface area contributed by atoms with Crippen LogP contribution >= 0.6 is 0 Å². The van der Waals surface area contributed by atoms with Crippen LogP contribution in [0.15, 0.2) is 97.1 Å². The van der Waals surface area contributed by atoms with E-state index in [9.17, 15) is 0 Å². The van der Waals surface area contributed by atoms with Gasteiger partial charge in [-0.15, -0.1) is 23.8 Å². The maximum absolute atomic E-state index is 5.41. The van der Waals surface area contributed by atoms with Crippen molar-refractivity contribution in [3.8, 4) is 17.2 Å². The number of rotatable bonds is 6. The van der Waals surface area contributed by atoms with E-state index >= 15 is 0 Å². The van der Waals surface area contributed by atoms with Gasteiger partial charge in [-0.25, -0.2) is 12.1 Å². The quantitative estimate of drug-likeness (QED) is 0.191. The summed E-state index contributed by atoms with van der Waals surface area (Å²) >= 11 is 0. The van der Waals surface area contributed by atoms with E-state index in [4.69, 9.17) is 14.2 Å². The minimum atomic E-state index is 0. The van der Waals surface area contributed by atoms with E-state index in [0.29, 0.717) is 5.75 Å². The first-order valence-electron chi connectivity index (χ1n) is 9.72. The van der Waals surface area contributed by atoms with Crippen molar-refractivity contribution in [3.63, 3.8) is 0 Å². The summed E-state index contributed by atoms with van der Waals surface area (Å²) in [5.74, 6) is 2.28. The number of hydrogen-bond acceptors (Lipinski definition) is 3. The first kappa shape index (κ1) is 24.1. The zero-order chi connectivity index (χ0) is 21.2. The Morgan fingerprint density at radius 1 is 0.774 bits per heavy atom. The van der Waals surface area contributed by atoms with E-state index in [1.165, 1.54) is 5.56 Å². The van der Waals surface area contributed by atoms with Gasteiger partial charge in [-0.3, -0.25) is 0 Å². The Labute approximate surface area is 195 Å². The Balaban J connectivity index is 0.000000501. The summed E-state index contributed by atoms with van der Waals surface area (Å²) in [6.45, 7) is 0. The van der Waals surface area contributed by atoms with Crippen molar-refractivity contribution in [2.24, 2.45) is 0 Å². The molecular weight excluding hydrogens is 428 g/mol. The molecule has 0 amide bonds. The van der Waals surface area contributed by atoms with Crippen molar-refractivity contribution in [2.45, 2.75) is 0 Å². The Bertz CT molecular complexity index is 1010. The molecule has 0 aromatic heterocycles. The maximum Gasteiger partial charge on any atom is 2.00 e. The molecule has 0 radical (unpaired) electrons. The molecule has 4 aromatic carbocycles. The molecule has 0 N–H and O–H groups in total. The summed E-state index contributed by atoms with van der Waals surface area (Å²) in [6.07, 6.45) is 2.15. The molecule has 0 heterocycles. The number of methoxy groups -OCH3 is 3. The summed E-state index contributed by atoms with van der Waals surface area (Å²) in [5, 5.41) is 0. The standard InChI is InChI=1S/C22H21O3.C5H5.Fe/c1-23-19-11-9-18(10-12-19)20(17-6-4-5-7-17)14-16-8-13-21(24-2)22(15-16)25-3;1-2-4-5-3-1;/h4-15H,1-3H3;1-5H;/q2*-1;+2/b20-14+;;. The Morgan fingerprint density at radius 2 is 1.42 bits per heavy atom. The molecule has 0 atom stereocenters. The third-order valence-electron chi connectivity index (χ3n) is 4.65. The molecule has 0 fully saturated rings. The van der Waals surface area contributed by atoms with E-state index in [-0.39, 0.29) is 17.1 Å². The molecular formula is C27H26FeO3. The SMILES string of the molecule is COc1ccc(/C(=C/c2ccc(OC)c(OC)c2)[c-]2cccc2)cc1.[Fe+2].c1cc[cH-]c1. The van der Waals surface area contributed by atoms with Crippen molar-refractivity contribution in [3.05, 3.63) is 114 Å². The van der Waals surface area contributed by atoms with Crippen LogP contribution in [0.2, 0.25) is 0 Å². The first-order valence-corrected chi connectivity index (χ1v) is 9.72.